The Kier molecular flexibility index (Phi) is 6.34. The summed E-state index contributed by atoms with van der Waals surface area (Å²) in [5, 5.41) is 5.96. The van der Waals surface area contributed by atoms with Crippen LogP contribution in [-0.4, -0.2) is 23.6 Å². The van der Waals surface area contributed by atoms with Gasteiger partial charge < -0.3 is 10.6 Å². The van der Waals surface area contributed by atoms with Gasteiger partial charge in [0.1, 0.15) is 0 Å². The Hall–Kier alpha value is -2.27. The van der Waals surface area contributed by atoms with Crippen molar-refractivity contribution in [3.8, 4) is 0 Å². The molecule has 1 fully saturated rings. The molecule has 1 aliphatic carbocycles. The highest BCUT2D eigenvalue weighted by Gasteiger charge is 2.20. The minimum absolute atomic E-state index is 0.112. The normalized spacial score (nSPS) is 14.2. The van der Waals surface area contributed by atoms with Gasteiger partial charge >= 0.3 is 0 Å². The first kappa shape index (κ1) is 18.5. The van der Waals surface area contributed by atoms with Crippen molar-refractivity contribution in [1.82, 2.24) is 5.32 Å². The highest BCUT2D eigenvalue weighted by molar-refractivity contribution is 8.00. The molecule has 2 N–H and O–H groups in total. The predicted molar refractivity (Wildman–Crippen MR) is 107 cm³/mol. The largest absolute Gasteiger partial charge is 0.349 e. The van der Waals surface area contributed by atoms with Gasteiger partial charge in [0.2, 0.25) is 5.91 Å². The van der Waals surface area contributed by atoms with Crippen molar-refractivity contribution in [2.24, 2.45) is 0 Å². The first-order valence-electron chi connectivity index (χ1n) is 9.01. The lowest BCUT2D eigenvalue weighted by atomic mass is 10.1. The summed E-state index contributed by atoms with van der Waals surface area (Å²) < 4.78 is 0. The van der Waals surface area contributed by atoms with Crippen molar-refractivity contribution in [1.29, 1.82) is 0 Å². The van der Waals surface area contributed by atoms with E-state index in [2.05, 4.69) is 10.6 Å². The van der Waals surface area contributed by atoms with Crippen LogP contribution in [0.25, 0.3) is 0 Å². The fourth-order valence-corrected chi connectivity index (χ4v) is 4.00. The summed E-state index contributed by atoms with van der Waals surface area (Å²) >= 11 is 1.50. The number of nitrogens with one attached hydrogen (secondary N) is 2. The quantitative estimate of drug-likeness (QED) is 0.743. The van der Waals surface area contributed by atoms with Crippen molar-refractivity contribution < 1.29 is 9.59 Å². The molecule has 0 aromatic heterocycles. The Morgan fingerprint density at radius 1 is 1.04 bits per heavy atom. The lowest BCUT2D eigenvalue weighted by molar-refractivity contribution is -0.113. The van der Waals surface area contributed by atoms with E-state index in [0.29, 0.717) is 17.0 Å². The molecule has 0 heterocycles. The predicted octanol–water partition coefficient (Wildman–Crippen LogP) is 4.40. The van der Waals surface area contributed by atoms with Crippen LogP contribution >= 0.6 is 11.8 Å². The Labute approximate surface area is 158 Å². The minimum Gasteiger partial charge on any atom is -0.349 e. The number of anilines is 1. The molecule has 0 spiro atoms. The molecule has 26 heavy (non-hydrogen) atoms. The van der Waals surface area contributed by atoms with Gasteiger partial charge in [-0.15, -0.1) is 11.8 Å². The fourth-order valence-electron chi connectivity index (χ4n) is 3.17. The average molecular weight is 369 g/mol. The fraction of sp³-hybridized carbons (Fsp3) is 0.333. The summed E-state index contributed by atoms with van der Waals surface area (Å²) in [6, 6.07) is 15.4. The molecule has 2 aromatic carbocycles. The minimum atomic E-state index is -0.112. The zero-order valence-electron chi connectivity index (χ0n) is 15.0. The molecule has 1 aliphatic rings. The van der Waals surface area contributed by atoms with Crippen molar-refractivity contribution in [2.45, 2.75) is 43.5 Å². The van der Waals surface area contributed by atoms with Crippen LogP contribution in [-0.2, 0) is 4.79 Å². The highest BCUT2D eigenvalue weighted by atomic mass is 32.2. The Morgan fingerprint density at radius 2 is 1.73 bits per heavy atom. The molecule has 0 atom stereocenters. The van der Waals surface area contributed by atoms with E-state index in [4.69, 9.17) is 0 Å². The molecular weight excluding hydrogens is 344 g/mol. The van der Waals surface area contributed by atoms with E-state index in [0.717, 1.165) is 23.3 Å². The van der Waals surface area contributed by atoms with Crippen LogP contribution in [0.1, 0.15) is 41.6 Å². The van der Waals surface area contributed by atoms with Gasteiger partial charge in [-0.2, -0.15) is 0 Å². The summed E-state index contributed by atoms with van der Waals surface area (Å²) in [6.45, 7) is 2.03. The van der Waals surface area contributed by atoms with Gasteiger partial charge in [0.05, 0.1) is 17.0 Å². The number of benzene rings is 2. The van der Waals surface area contributed by atoms with Crippen LogP contribution in [0.4, 0.5) is 5.69 Å². The van der Waals surface area contributed by atoms with Crippen molar-refractivity contribution in [3.05, 3.63) is 59.7 Å². The van der Waals surface area contributed by atoms with Crippen LogP contribution < -0.4 is 10.6 Å². The van der Waals surface area contributed by atoms with E-state index < -0.39 is 0 Å². The third kappa shape index (κ3) is 4.88. The maximum atomic E-state index is 12.6. The summed E-state index contributed by atoms with van der Waals surface area (Å²) in [4.78, 5) is 26.0. The monoisotopic (exact) mass is 368 g/mol. The summed E-state index contributed by atoms with van der Waals surface area (Å²) in [7, 11) is 0. The Bertz CT molecular complexity index is 785. The van der Waals surface area contributed by atoms with Crippen LogP contribution in [0.5, 0.6) is 0 Å². The summed E-state index contributed by atoms with van der Waals surface area (Å²) in [5.74, 6) is 0.0856. The van der Waals surface area contributed by atoms with E-state index >= 15 is 0 Å². The van der Waals surface area contributed by atoms with Crippen molar-refractivity contribution >= 4 is 29.3 Å². The second-order valence-corrected chi connectivity index (χ2v) is 7.62. The van der Waals surface area contributed by atoms with Crippen LogP contribution in [0.3, 0.4) is 0 Å². The van der Waals surface area contributed by atoms with Gasteiger partial charge in [-0.25, -0.2) is 0 Å². The zero-order chi connectivity index (χ0) is 18.4. The molecule has 0 bridgehead atoms. The number of rotatable bonds is 6. The summed E-state index contributed by atoms with van der Waals surface area (Å²) in [5.41, 5.74) is 2.24. The second-order valence-electron chi connectivity index (χ2n) is 6.60. The maximum Gasteiger partial charge on any atom is 0.253 e. The summed E-state index contributed by atoms with van der Waals surface area (Å²) in [6.07, 6.45) is 4.40. The molecule has 0 aliphatic heterocycles. The third-order valence-electron chi connectivity index (χ3n) is 4.59. The maximum absolute atomic E-state index is 12.6. The third-order valence-corrected chi connectivity index (χ3v) is 5.76. The number of carbonyl (C=O) groups is 2. The first-order chi connectivity index (χ1) is 12.6. The topological polar surface area (TPSA) is 58.2 Å². The standard InChI is InChI=1S/C21H24N2O2S/c1-15-8-2-7-13-19(15)26-14-20(24)23-18-12-6-5-11-17(18)21(25)22-16-9-3-4-10-16/h2,5-8,11-13,16H,3-4,9-10,14H2,1H3,(H,22,25)(H,23,24). The Morgan fingerprint density at radius 3 is 2.50 bits per heavy atom. The molecule has 2 amide bonds. The van der Waals surface area contributed by atoms with E-state index in [-0.39, 0.29) is 17.9 Å². The molecule has 1 saturated carbocycles. The number of carbonyl (C=O) groups excluding carboxylic acids is 2. The van der Waals surface area contributed by atoms with Gasteiger partial charge in [0.15, 0.2) is 0 Å². The first-order valence-corrected chi connectivity index (χ1v) is 10.0. The number of amides is 2. The molecule has 0 unspecified atom stereocenters. The van der Waals surface area contributed by atoms with Gasteiger partial charge in [0, 0.05) is 10.9 Å². The van der Waals surface area contributed by atoms with Gasteiger partial charge in [0.25, 0.3) is 5.91 Å². The number of aryl methyl sites for hydroxylation is 1. The van der Waals surface area contributed by atoms with Crippen molar-refractivity contribution in [2.75, 3.05) is 11.1 Å². The Balaban J connectivity index is 1.61. The molecular formula is C21H24N2O2S. The molecule has 5 heteroatoms. The van der Waals surface area contributed by atoms with E-state index in [1.807, 2.05) is 43.3 Å². The molecule has 4 nitrogen and oxygen atoms in total. The van der Waals surface area contributed by atoms with Crippen LogP contribution in [0, 0.1) is 6.92 Å². The SMILES string of the molecule is Cc1ccccc1SCC(=O)Nc1ccccc1C(=O)NC1CCCC1. The second kappa shape index (κ2) is 8.90. The molecule has 136 valence electrons. The lowest BCUT2D eigenvalue weighted by Crippen LogP contribution is -2.33. The van der Waals surface area contributed by atoms with Gasteiger partial charge in [-0.05, 0) is 43.5 Å². The zero-order valence-corrected chi connectivity index (χ0v) is 15.8. The van der Waals surface area contributed by atoms with E-state index in [1.54, 1.807) is 12.1 Å². The number of thioether (sulfide) groups is 1. The molecule has 3 rings (SSSR count). The number of hydrogen-bond donors (Lipinski definition) is 2. The average Bonchev–Trinajstić information content (AvgIpc) is 3.14. The smallest absolute Gasteiger partial charge is 0.253 e. The number of hydrogen-bond acceptors (Lipinski definition) is 3. The molecule has 2 aromatic rings. The van der Waals surface area contributed by atoms with E-state index in [9.17, 15) is 9.59 Å². The van der Waals surface area contributed by atoms with E-state index in [1.165, 1.54) is 24.6 Å². The number of para-hydroxylation sites is 1. The van der Waals surface area contributed by atoms with Crippen LogP contribution in [0.2, 0.25) is 0 Å². The highest BCUT2D eigenvalue weighted by Crippen LogP contribution is 2.23. The van der Waals surface area contributed by atoms with Crippen LogP contribution in [0.15, 0.2) is 53.4 Å². The molecule has 0 radical (unpaired) electrons. The molecule has 0 saturated heterocycles. The van der Waals surface area contributed by atoms with Crippen molar-refractivity contribution in [3.63, 3.8) is 0 Å². The lowest BCUT2D eigenvalue weighted by Gasteiger charge is -2.15. The van der Waals surface area contributed by atoms with Gasteiger partial charge in [-0.3, -0.25) is 9.59 Å². The van der Waals surface area contributed by atoms with Gasteiger partial charge in [-0.1, -0.05) is 43.2 Å².